The van der Waals surface area contributed by atoms with Crippen LogP contribution in [0, 0.1) is 52.2 Å². The fourth-order valence-electron chi connectivity index (χ4n) is 8.86. The Morgan fingerprint density at radius 3 is 2.00 bits per heavy atom. The minimum absolute atomic E-state index is 0.124. The topological polar surface area (TPSA) is 187 Å². The first kappa shape index (κ1) is 25.7. The van der Waals surface area contributed by atoms with Gasteiger partial charge in [-0.1, -0.05) is 18.5 Å². The maximum Gasteiger partial charge on any atom is 0.283 e. The van der Waals surface area contributed by atoms with Crippen molar-refractivity contribution in [3.8, 4) is 11.8 Å². The molecular formula is C24H27ClN8O6S. The summed E-state index contributed by atoms with van der Waals surface area (Å²) >= 11 is 5.92. The first-order valence-electron chi connectivity index (χ1n) is 12.7. The largest absolute Gasteiger partial charge is 0.479 e. The quantitative estimate of drug-likeness (QED) is 0.239. The number of ether oxygens (including phenoxy) is 3. The van der Waals surface area contributed by atoms with E-state index in [-0.39, 0.29) is 46.0 Å². The van der Waals surface area contributed by atoms with Gasteiger partial charge in [0.15, 0.2) is 11.1 Å². The maximum absolute atomic E-state index is 14.7. The third-order valence-corrected chi connectivity index (χ3v) is 12.2. The maximum atomic E-state index is 14.7. The molecule has 16 heteroatoms. The first-order valence-corrected chi connectivity index (χ1v) is 14.6. The first-order chi connectivity index (χ1) is 19.1. The highest BCUT2D eigenvalue weighted by Gasteiger charge is 3.06. The van der Waals surface area contributed by atoms with Crippen molar-refractivity contribution in [2.24, 2.45) is 52.6 Å². The van der Waals surface area contributed by atoms with E-state index in [9.17, 15) is 13.2 Å². The van der Waals surface area contributed by atoms with Crippen LogP contribution < -0.4 is 20.2 Å². The number of rotatable bonds is 9. The van der Waals surface area contributed by atoms with Crippen molar-refractivity contribution in [1.82, 2.24) is 24.4 Å². The average molecular weight is 591 g/mol. The Morgan fingerprint density at radius 2 is 1.55 bits per heavy atom. The SMILES string of the molecule is COc1ncnc(OC)c1N(C(=O)C12C3C4C5C3C1C5C42)N(C(=N)N)S(=O)(=O)[C@@H](OC)[C@H](C)c1ncc(Cl)cn1. The van der Waals surface area contributed by atoms with Gasteiger partial charge in [-0.2, -0.15) is 15.0 Å². The molecule has 3 N–H and O–H groups in total. The van der Waals surface area contributed by atoms with Gasteiger partial charge in [-0.25, -0.2) is 18.4 Å². The molecular weight excluding hydrogens is 564 g/mol. The minimum atomic E-state index is -4.76. The number of halogens is 1. The van der Waals surface area contributed by atoms with Gasteiger partial charge in [0.1, 0.15) is 12.2 Å². The Balaban J connectivity index is 1.35. The highest BCUT2D eigenvalue weighted by atomic mass is 35.5. The standard InChI is InChI=1S/C24H27ClN8O6S/c1-8(18-28-5-9(25)6-29-18)21(39-4)40(35,36)33(23(26)27)32(17-19(37-2)30-7-31-20(17)38-3)22(34)24-14-11-10-12(14)16(24)13(10)15(11)24/h5-8,10-16,21H,1-4H3,(H3,26,27)/t8-,10?,11?,12?,13?,14?,15?,16?,21-,24?/m1/s1. The van der Waals surface area contributed by atoms with Gasteiger partial charge in [-0.15, -0.1) is 4.41 Å². The zero-order valence-corrected chi connectivity index (χ0v) is 23.5. The molecule has 0 unspecified atom stereocenters. The van der Waals surface area contributed by atoms with Crippen molar-refractivity contribution in [2.45, 2.75) is 18.3 Å². The molecule has 6 saturated carbocycles. The second kappa shape index (κ2) is 8.13. The fourth-order valence-corrected chi connectivity index (χ4v) is 10.7. The van der Waals surface area contributed by atoms with Crippen LogP contribution in [0.15, 0.2) is 18.7 Å². The third-order valence-electron chi connectivity index (χ3n) is 10.0. The van der Waals surface area contributed by atoms with Gasteiger partial charge < -0.3 is 19.9 Å². The Labute approximate surface area is 234 Å². The van der Waals surface area contributed by atoms with Gasteiger partial charge in [0, 0.05) is 19.5 Å². The summed E-state index contributed by atoms with van der Waals surface area (Å²) in [6.07, 6.45) is 3.84. The highest BCUT2D eigenvalue weighted by Crippen LogP contribution is 3.06. The van der Waals surface area contributed by atoms with Crippen LogP contribution in [-0.2, 0) is 19.6 Å². The monoisotopic (exact) mass is 590 g/mol. The molecule has 2 heterocycles. The van der Waals surface area contributed by atoms with E-state index in [0.717, 1.165) is 5.01 Å². The van der Waals surface area contributed by atoms with E-state index in [2.05, 4.69) is 19.9 Å². The number of sulfonamides is 1. The molecule has 2 atom stereocenters. The second-order valence-corrected chi connectivity index (χ2v) is 13.3. The zero-order valence-electron chi connectivity index (χ0n) is 21.9. The van der Waals surface area contributed by atoms with Crippen LogP contribution in [0.25, 0.3) is 0 Å². The van der Waals surface area contributed by atoms with Crippen LogP contribution >= 0.6 is 11.6 Å². The van der Waals surface area contributed by atoms with Crippen LogP contribution in [0.1, 0.15) is 18.7 Å². The molecule has 0 radical (unpaired) electrons. The number of carbonyl (C=O) groups excluding carboxylic acids is 1. The predicted octanol–water partition coefficient (Wildman–Crippen LogP) is 0.854. The van der Waals surface area contributed by atoms with Crippen molar-refractivity contribution in [2.75, 3.05) is 26.3 Å². The van der Waals surface area contributed by atoms with Gasteiger partial charge in [-0.05, 0) is 41.4 Å². The Bertz CT molecular complexity index is 1480. The molecule has 0 spiro atoms. The van der Waals surface area contributed by atoms with Crippen molar-refractivity contribution in [1.29, 1.82) is 5.41 Å². The van der Waals surface area contributed by atoms with Crippen LogP contribution in [0.3, 0.4) is 0 Å². The lowest BCUT2D eigenvalue weighted by Gasteiger charge is -3.06. The van der Waals surface area contributed by atoms with Crippen LogP contribution in [0.5, 0.6) is 11.8 Å². The summed E-state index contributed by atoms with van der Waals surface area (Å²) in [5.74, 6) is 0.329. The van der Waals surface area contributed by atoms with E-state index in [1.54, 1.807) is 6.92 Å². The number of nitrogens with two attached hydrogens (primary N) is 1. The van der Waals surface area contributed by atoms with Gasteiger partial charge >= 0.3 is 0 Å². The lowest BCUT2D eigenvalue weighted by molar-refractivity contribution is -0.595. The van der Waals surface area contributed by atoms with Crippen molar-refractivity contribution < 1.29 is 27.4 Å². The number of nitrogens with zero attached hydrogens (tertiary/aromatic N) is 6. The number of aromatic nitrogens is 4. The van der Waals surface area contributed by atoms with Crippen LogP contribution in [0.2, 0.25) is 5.02 Å². The summed E-state index contributed by atoms with van der Waals surface area (Å²) in [5, 5.41) is 9.57. The molecule has 14 nitrogen and oxygen atoms in total. The summed E-state index contributed by atoms with van der Waals surface area (Å²) in [7, 11) is -0.919. The van der Waals surface area contributed by atoms with E-state index >= 15 is 0 Å². The Kier molecular flexibility index (Phi) is 5.22. The molecule has 2 aromatic heterocycles. The number of hydrazine groups is 1. The zero-order chi connectivity index (χ0) is 28.5. The van der Waals surface area contributed by atoms with Crippen molar-refractivity contribution in [3.05, 3.63) is 29.6 Å². The van der Waals surface area contributed by atoms with E-state index in [0.29, 0.717) is 28.1 Å². The van der Waals surface area contributed by atoms with Gasteiger partial charge in [0.05, 0.1) is 30.6 Å². The number of guanidine groups is 1. The normalized spacial score (nSPS) is 34.4. The smallest absolute Gasteiger partial charge is 0.283 e. The highest BCUT2D eigenvalue weighted by molar-refractivity contribution is 7.90. The lowest BCUT2D eigenvalue weighted by atomic mass is 8.96. The molecule has 0 aromatic carbocycles. The summed E-state index contributed by atoms with van der Waals surface area (Å²) < 4.78 is 45.6. The van der Waals surface area contributed by atoms with Crippen molar-refractivity contribution >= 4 is 39.2 Å². The number of hydrogen-bond donors (Lipinski definition) is 2. The molecule has 6 fully saturated rings. The number of methoxy groups -OCH3 is 3. The lowest BCUT2D eigenvalue weighted by Crippen LogP contribution is -3.07. The van der Waals surface area contributed by atoms with Crippen LogP contribution in [0.4, 0.5) is 5.69 Å². The number of nitrogens with one attached hydrogen (secondary N) is 1. The minimum Gasteiger partial charge on any atom is -0.479 e. The van der Waals surface area contributed by atoms with E-state index in [1.165, 1.54) is 40.1 Å². The van der Waals surface area contributed by atoms with E-state index < -0.39 is 38.7 Å². The summed E-state index contributed by atoms with van der Waals surface area (Å²) in [6.45, 7) is 1.55. The van der Waals surface area contributed by atoms with Gasteiger partial charge in [0.25, 0.3) is 15.9 Å². The second-order valence-electron chi connectivity index (χ2n) is 11.0. The molecule has 0 bridgehead atoms. The number of amides is 1. The van der Waals surface area contributed by atoms with Crippen LogP contribution in [-0.4, -0.2) is 71.4 Å². The van der Waals surface area contributed by atoms with Crippen molar-refractivity contribution in [3.63, 3.8) is 0 Å². The fraction of sp³-hybridized carbons (Fsp3) is 0.583. The molecule has 6 aliphatic carbocycles. The molecule has 2 aromatic rings. The molecule has 40 heavy (non-hydrogen) atoms. The molecule has 0 aliphatic heterocycles. The molecule has 1 amide bonds. The molecule has 212 valence electrons. The summed E-state index contributed by atoms with van der Waals surface area (Å²) in [6, 6.07) is 0. The number of carbonyl (C=O) groups is 1. The van der Waals surface area contributed by atoms with E-state index in [4.69, 9.17) is 37.0 Å². The average Bonchev–Trinajstić information content (AvgIpc) is 2.95. The molecule has 0 saturated heterocycles. The van der Waals surface area contributed by atoms with Gasteiger partial charge in [-0.3, -0.25) is 10.2 Å². The molecule has 6 aliphatic rings. The Morgan fingerprint density at radius 1 is 1.02 bits per heavy atom. The molecule has 8 rings (SSSR count). The van der Waals surface area contributed by atoms with Gasteiger partial charge in [0.2, 0.25) is 17.7 Å². The predicted molar refractivity (Wildman–Crippen MR) is 138 cm³/mol. The van der Waals surface area contributed by atoms with E-state index in [1.807, 2.05) is 0 Å². The Hall–Kier alpha value is -3.30. The number of anilines is 1. The summed E-state index contributed by atoms with van der Waals surface area (Å²) in [5.41, 5.74) is 3.45. The summed E-state index contributed by atoms with van der Waals surface area (Å²) in [4.78, 5) is 31.2. The number of hydrogen-bond acceptors (Lipinski definition) is 11. The third kappa shape index (κ3) is 2.62.